The maximum absolute atomic E-state index is 5.48. The van der Waals surface area contributed by atoms with Crippen LogP contribution in [0.3, 0.4) is 0 Å². The van der Waals surface area contributed by atoms with Crippen LogP contribution in [0.4, 0.5) is 0 Å². The van der Waals surface area contributed by atoms with Gasteiger partial charge in [-0.3, -0.25) is 4.99 Å². The van der Waals surface area contributed by atoms with Crippen molar-refractivity contribution in [2.24, 2.45) is 4.99 Å². The van der Waals surface area contributed by atoms with Gasteiger partial charge in [-0.1, -0.05) is 6.92 Å². The second-order valence-electron chi connectivity index (χ2n) is 5.92. The number of nitrogens with zero attached hydrogens (tertiary/aromatic N) is 2. The summed E-state index contributed by atoms with van der Waals surface area (Å²) < 4.78 is 10.7. The van der Waals surface area contributed by atoms with Crippen LogP contribution in [-0.2, 0) is 6.54 Å². The van der Waals surface area contributed by atoms with Crippen LogP contribution < -0.4 is 14.8 Å². The van der Waals surface area contributed by atoms with Crippen molar-refractivity contribution in [3.8, 4) is 11.5 Å². The standard InChI is InChI=1S/C19H27N3O2S/c1-14(16-8-9-25-13-16)11-21-19(20-2)22(3)12-15-6-7-17(23-4)10-18(15)24-5/h6-10,13-14H,11-12H2,1-5H3,(H,20,21). The highest BCUT2D eigenvalue weighted by Crippen LogP contribution is 2.25. The Labute approximate surface area is 154 Å². The summed E-state index contributed by atoms with van der Waals surface area (Å²) in [5, 5.41) is 7.76. The van der Waals surface area contributed by atoms with Gasteiger partial charge in [0.25, 0.3) is 0 Å². The normalized spacial score (nSPS) is 12.6. The molecule has 2 rings (SSSR count). The van der Waals surface area contributed by atoms with Gasteiger partial charge < -0.3 is 19.7 Å². The quantitative estimate of drug-likeness (QED) is 0.605. The monoisotopic (exact) mass is 361 g/mol. The average molecular weight is 362 g/mol. The molecule has 1 aromatic carbocycles. The van der Waals surface area contributed by atoms with E-state index in [1.807, 2.05) is 25.2 Å². The van der Waals surface area contributed by atoms with Crippen LogP contribution in [0.5, 0.6) is 11.5 Å². The number of methoxy groups -OCH3 is 2. The van der Waals surface area contributed by atoms with E-state index in [2.05, 4.69) is 39.0 Å². The van der Waals surface area contributed by atoms with Gasteiger partial charge in [-0.15, -0.1) is 0 Å². The molecule has 0 bridgehead atoms. The molecule has 1 aromatic heterocycles. The van der Waals surface area contributed by atoms with Crippen LogP contribution in [0, 0.1) is 0 Å². The molecule has 1 atom stereocenters. The van der Waals surface area contributed by atoms with Crippen molar-refractivity contribution in [1.82, 2.24) is 10.2 Å². The Hall–Kier alpha value is -2.21. The summed E-state index contributed by atoms with van der Waals surface area (Å²) in [5.74, 6) is 2.90. The third-order valence-corrected chi connectivity index (χ3v) is 4.86. The van der Waals surface area contributed by atoms with Crippen molar-refractivity contribution in [3.05, 3.63) is 46.2 Å². The molecule has 0 saturated heterocycles. The molecule has 0 aliphatic heterocycles. The summed E-state index contributed by atoms with van der Waals surface area (Å²) in [7, 11) is 7.16. The Bertz CT molecular complexity index is 686. The van der Waals surface area contributed by atoms with E-state index in [0.29, 0.717) is 12.5 Å². The molecular formula is C19H27N3O2S. The van der Waals surface area contributed by atoms with Crippen molar-refractivity contribution in [3.63, 3.8) is 0 Å². The van der Waals surface area contributed by atoms with E-state index < -0.39 is 0 Å². The predicted molar refractivity (Wildman–Crippen MR) is 105 cm³/mol. The van der Waals surface area contributed by atoms with E-state index in [0.717, 1.165) is 29.6 Å². The van der Waals surface area contributed by atoms with Crippen molar-refractivity contribution in [2.45, 2.75) is 19.4 Å². The van der Waals surface area contributed by atoms with E-state index >= 15 is 0 Å². The number of hydrogen-bond donors (Lipinski definition) is 1. The lowest BCUT2D eigenvalue weighted by molar-refractivity contribution is 0.382. The van der Waals surface area contributed by atoms with Crippen LogP contribution in [0.15, 0.2) is 40.0 Å². The number of rotatable bonds is 7. The van der Waals surface area contributed by atoms with Gasteiger partial charge in [-0.2, -0.15) is 11.3 Å². The minimum absolute atomic E-state index is 0.437. The molecule has 0 radical (unpaired) electrons. The molecule has 0 spiro atoms. The number of benzene rings is 1. The third-order valence-electron chi connectivity index (χ3n) is 4.15. The van der Waals surface area contributed by atoms with Crippen LogP contribution in [0.25, 0.3) is 0 Å². The number of ether oxygens (including phenoxy) is 2. The topological polar surface area (TPSA) is 46.1 Å². The fourth-order valence-electron chi connectivity index (χ4n) is 2.62. The Morgan fingerprint density at radius 2 is 2.08 bits per heavy atom. The third kappa shape index (κ3) is 5.13. The van der Waals surface area contributed by atoms with Gasteiger partial charge in [0.1, 0.15) is 11.5 Å². The molecule has 0 saturated carbocycles. The fraction of sp³-hybridized carbons (Fsp3) is 0.421. The fourth-order valence-corrected chi connectivity index (χ4v) is 3.40. The van der Waals surface area contributed by atoms with Crippen LogP contribution in [0.2, 0.25) is 0 Å². The zero-order valence-electron chi connectivity index (χ0n) is 15.6. The number of hydrogen-bond acceptors (Lipinski definition) is 4. The SMILES string of the molecule is CN=C(NCC(C)c1ccsc1)N(C)Cc1ccc(OC)cc1OC. The Morgan fingerprint density at radius 1 is 1.28 bits per heavy atom. The maximum Gasteiger partial charge on any atom is 0.193 e. The van der Waals surface area contributed by atoms with Crippen molar-refractivity contribution < 1.29 is 9.47 Å². The average Bonchev–Trinajstić information content (AvgIpc) is 3.17. The van der Waals surface area contributed by atoms with Gasteiger partial charge in [0.15, 0.2) is 5.96 Å². The molecule has 0 amide bonds. The Balaban J connectivity index is 1.99. The van der Waals surface area contributed by atoms with E-state index in [-0.39, 0.29) is 0 Å². The molecule has 1 N–H and O–H groups in total. The molecule has 1 heterocycles. The van der Waals surface area contributed by atoms with Crippen LogP contribution >= 0.6 is 11.3 Å². The minimum atomic E-state index is 0.437. The first-order valence-corrected chi connectivity index (χ1v) is 9.18. The molecule has 25 heavy (non-hydrogen) atoms. The zero-order valence-corrected chi connectivity index (χ0v) is 16.4. The van der Waals surface area contributed by atoms with E-state index in [9.17, 15) is 0 Å². The number of nitrogens with one attached hydrogen (secondary N) is 1. The highest BCUT2D eigenvalue weighted by molar-refractivity contribution is 7.07. The largest absolute Gasteiger partial charge is 0.497 e. The van der Waals surface area contributed by atoms with Crippen LogP contribution in [-0.4, -0.2) is 45.7 Å². The maximum atomic E-state index is 5.48. The molecule has 0 aliphatic rings. The van der Waals surface area contributed by atoms with Gasteiger partial charge in [0, 0.05) is 38.8 Å². The summed E-state index contributed by atoms with van der Waals surface area (Å²) in [5.41, 5.74) is 2.44. The summed E-state index contributed by atoms with van der Waals surface area (Å²) >= 11 is 1.73. The molecule has 136 valence electrons. The highest BCUT2D eigenvalue weighted by Gasteiger charge is 2.13. The van der Waals surface area contributed by atoms with Crippen molar-refractivity contribution >= 4 is 17.3 Å². The predicted octanol–water partition coefficient (Wildman–Crippen LogP) is 3.58. The molecule has 6 heteroatoms. The summed E-state index contributed by atoms with van der Waals surface area (Å²) in [6, 6.07) is 8.04. The van der Waals surface area contributed by atoms with E-state index in [1.54, 1.807) is 32.6 Å². The smallest absolute Gasteiger partial charge is 0.193 e. The van der Waals surface area contributed by atoms with Gasteiger partial charge in [0.05, 0.1) is 14.2 Å². The molecule has 0 fully saturated rings. The lowest BCUT2D eigenvalue weighted by Gasteiger charge is -2.24. The number of guanidine groups is 1. The van der Waals surface area contributed by atoms with E-state index in [1.165, 1.54) is 5.56 Å². The summed E-state index contributed by atoms with van der Waals surface area (Å²) in [6.07, 6.45) is 0. The second kappa shape index (κ2) is 9.32. The van der Waals surface area contributed by atoms with Gasteiger partial charge >= 0.3 is 0 Å². The Kier molecular flexibility index (Phi) is 7.13. The zero-order chi connectivity index (χ0) is 18.2. The number of aliphatic imine (C=N–C) groups is 1. The van der Waals surface area contributed by atoms with Gasteiger partial charge in [0.2, 0.25) is 0 Å². The van der Waals surface area contributed by atoms with Crippen molar-refractivity contribution in [2.75, 3.05) is 34.9 Å². The Morgan fingerprint density at radius 3 is 2.68 bits per heavy atom. The number of thiophene rings is 1. The van der Waals surface area contributed by atoms with Gasteiger partial charge in [-0.25, -0.2) is 0 Å². The van der Waals surface area contributed by atoms with Crippen LogP contribution in [0.1, 0.15) is 24.0 Å². The lowest BCUT2D eigenvalue weighted by atomic mass is 10.1. The first-order chi connectivity index (χ1) is 12.1. The lowest BCUT2D eigenvalue weighted by Crippen LogP contribution is -2.40. The molecule has 1 unspecified atom stereocenters. The molecule has 0 aliphatic carbocycles. The van der Waals surface area contributed by atoms with Crippen molar-refractivity contribution in [1.29, 1.82) is 0 Å². The molecule has 2 aromatic rings. The molecular weight excluding hydrogens is 334 g/mol. The van der Waals surface area contributed by atoms with E-state index in [4.69, 9.17) is 9.47 Å². The minimum Gasteiger partial charge on any atom is -0.497 e. The first-order valence-electron chi connectivity index (χ1n) is 8.23. The summed E-state index contributed by atoms with van der Waals surface area (Å²) in [6.45, 7) is 3.75. The summed E-state index contributed by atoms with van der Waals surface area (Å²) in [4.78, 5) is 6.48. The molecule has 5 nitrogen and oxygen atoms in total. The highest BCUT2D eigenvalue weighted by atomic mass is 32.1. The van der Waals surface area contributed by atoms with Gasteiger partial charge in [-0.05, 0) is 40.4 Å². The second-order valence-corrected chi connectivity index (χ2v) is 6.70. The first kappa shape index (κ1) is 19.1.